The molecule has 0 radical (unpaired) electrons. The summed E-state index contributed by atoms with van der Waals surface area (Å²) in [5, 5.41) is 4.89. The smallest absolute Gasteiger partial charge is 0.422 e. The van der Waals surface area contributed by atoms with Gasteiger partial charge in [-0.25, -0.2) is 0 Å². The number of benzene rings is 1. The Morgan fingerprint density at radius 1 is 1.20 bits per heavy atom. The van der Waals surface area contributed by atoms with Gasteiger partial charge >= 0.3 is 6.18 Å². The standard InChI is InChI=1S/C13H13F3N2OS/c14-13(15,16)8-19-11-4-2-1-3-10(11)18-7-12-9(17)5-6-20-12/h1-6,18H,7-8,17H2. The Labute approximate surface area is 118 Å². The molecule has 20 heavy (non-hydrogen) atoms. The van der Waals surface area contributed by atoms with E-state index in [0.29, 0.717) is 17.9 Å². The molecule has 0 saturated heterocycles. The van der Waals surface area contributed by atoms with Gasteiger partial charge in [-0.2, -0.15) is 13.2 Å². The molecular formula is C13H13F3N2OS. The largest absolute Gasteiger partial charge is 0.482 e. The number of thiophene rings is 1. The minimum absolute atomic E-state index is 0.167. The molecule has 1 heterocycles. The van der Waals surface area contributed by atoms with Gasteiger partial charge in [0.25, 0.3) is 0 Å². The molecule has 0 saturated carbocycles. The van der Waals surface area contributed by atoms with Gasteiger partial charge in [0.1, 0.15) is 5.75 Å². The Morgan fingerprint density at radius 3 is 2.60 bits per heavy atom. The van der Waals surface area contributed by atoms with Crippen LogP contribution in [0.1, 0.15) is 4.88 Å². The lowest BCUT2D eigenvalue weighted by atomic mass is 10.3. The third-order valence-electron chi connectivity index (χ3n) is 2.50. The zero-order chi connectivity index (χ0) is 14.6. The Bertz CT molecular complexity index is 569. The fourth-order valence-corrected chi connectivity index (χ4v) is 2.31. The van der Waals surface area contributed by atoms with Crippen LogP contribution in [0.15, 0.2) is 35.7 Å². The number of hydrogen-bond acceptors (Lipinski definition) is 4. The number of nitrogens with two attached hydrogens (primary N) is 1. The second kappa shape index (κ2) is 6.04. The Morgan fingerprint density at radius 2 is 1.95 bits per heavy atom. The maximum absolute atomic E-state index is 12.2. The van der Waals surface area contributed by atoms with Crippen molar-refractivity contribution < 1.29 is 17.9 Å². The summed E-state index contributed by atoms with van der Waals surface area (Å²) in [6.07, 6.45) is -4.36. The summed E-state index contributed by atoms with van der Waals surface area (Å²) in [6, 6.07) is 8.28. The molecule has 2 rings (SSSR count). The van der Waals surface area contributed by atoms with Gasteiger partial charge in [0, 0.05) is 10.6 Å². The predicted octanol–water partition coefficient (Wildman–Crippen LogP) is 3.88. The molecule has 1 aromatic carbocycles. The van der Waals surface area contributed by atoms with E-state index in [4.69, 9.17) is 10.5 Å². The molecule has 0 fully saturated rings. The van der Waals surface area contributed by atoms with Crippen LogP contribution in [0.5, 0.6) is 5.75 Å². The molecule has 0 aliphatic rings. The van der Waals surface area contributed by atoms with Gasteiger partial charge in [0.15, 0.2) is 6.61 Å². The van der Waals surface area contributed by atoms with Crippen molar-refractivity contribution in [3.05, 3.63) is 40.6 Å². The monoisotopic (exact) mass is 302 g/mol. The molecule has 0 bridgehead atoms. The molecule has 0 aliphatic heterocycles. The lowest BCUT2D eigenvalue weighted by Crippen LogP contribution is -2.19. The number of anilines is 2. The first-order valence-corrected chi connectivity index (χ1v) is 6.68. The summed E-state index contributed by atoms with van der Waals surface area (Å²) in [6.45, 7) is -0.872. The minimum atomic E-state index is -4.36. The van der Waals surface area contributed by atoms with Crippen LogP contribution >= 0.6 is 11.3 Å². The molecule has 0 amide bonds. The van der Waals surface area contributed by atoms with E-state index >= 15 is 0 Å². The van der Waals surface area contributed by atoms with Crippen LogP contribution in [0, 0.1) is 0 Å². The second-order valence-corrected chi connectivity index (χ2v) is 5.05. The summed E-state index contributed by atoms with van der Waals surface area (Å²) in [5.74, 6) is 0.167. The number of hydrogen-bond donors (Lipinski definition) is 2. The summed E-state index contributed by atoms with van der Waals surface area (Å²) < 4.78 is 41.3. The molecule has 2 aromatic rings. The molecule has 1 aromatic heterocycles. The average Bonchev–Trinajstić information content (AvgIpc) is 2.79. The van der Waals surface area contributed by atoms with Crippen molar-refractivity contribution in [3.63, 3.8) is 0 Å². The highest BCUT2D eigenvalue weighted by Crippen LogP contribution is 2.28. The van der Waals surface area contributed by atoms with Crippen LogP contribution < -0.4 is 15.8 Å². The summed E-state index contributed by atoms with van der Waals surface area (Å²) in [4.78, 5) is 0.927. The van der Waals surface area contributed by atoms with Crippen molar-refractivity contribution in [2.45, 2.75) is 12.7 Å². The Kier molecular flexibility index (Phi) is 4.39. The molecule has 108 valence electrons. The van der Waals surface area contributed by atoms with Crippen LogP contribution in [-0.4, -0.2) is 12.8 Å². The zero-order valence-corrected chi connectivity index (χ0v) is 11.2. The Hall–Kier alpha value is -1.89. The SMILES string of the molecule is Nc1ccsc1CNc1ccccc1OCC(F)(F)F. The van der Waals surface area contributed by atoms with E-state index in [-0.39, 0.29) is 5.75 Å². The third-order valence-corrected chi connectivity index (χ3v) is 3.43. The number of alkyl halides is 3. The molecule has 0 aliphatic carbocycles. The van der Waals surface area contributed by atoms with Gasteiger partial charge in [0.2, 0.25) is 0 Å². The van der Waals surface area contributed by atoms with Crippen molar-refractivity contribution in [2.24, 2.45) is 0 Å². The van der Waals surface area contributed by atoms with Gasteiger partial charge < -0.3 is 15.8 Å². The molecule has 0 spiro atoms. The zero-order valence-electron chi connectivity index (χ0n) is 10.4. The van der Waals surface area contributed by atoms with E-state index < -0.39 is 12.8 Å². The molecule has 3 N–H and O–H groups in total. The lowest BCUT2D eigenvalue weighted by molar-refractivity contribution is -0.153. The topological polar surface area (TPSA) is 47.3 Å². The highest BCUT2D eigenvalue weighted by Gasteiger charge is 2.28. The Balaban J connectivity index is 2.02. The van der Waals surface area contributed by atoms with E-state index in [9.17, 15) is 13.2 Å². The van der Waals surface area contributed by atoms with Crippen LogP contribution in [-0.2, 0) is 6.54 Å². The van der Waals surface area contributed by atoms with Crippen molar-refractivity contribution in [3.8, 4) is 5.75 Å². The fourth-order valence-electron chi connectivity index (χ4n) is 1.57. The first-order valence-electron chi connectivity index (χ1n) is 5.80. The van der Waals surface area contributed by atoms with E-state index in [2.05, 4.69) is 5.32 Å². The summed E-state index contributed by atoms with van der Waals surface area (Å²) in [7, 11) is 0. The fraction of sp³-hybridized carbons (Fsp3) is 0.231. The van der Waals surface area contributed by atoms with Gasteiger partial charge in [0.05, 0.1) is 12.2 Å². The van der Waals surface area contributed by atoms with Crippen LogP contribution in [0.2, 0.25) is 0 Å². The highest BCUT2D eigenvalue weighted by molar-refractivity contribution is 7.10. The van der Waals surface area contributed by atoms with Crippen molar-refractivity contribution in [1.82, 2.24) is 0 Å². The van der Waals surface area contributed by atoms with Crippen LogP contribution in [0.25, 0.3) is 0 Å². The van der Waals surface area contributed by atoms with Crippen molar-refractivity contribution in [1.29, 1.82) is 0 Å². The molecule has 7 heteroatoms. The van der Waals surface area contributed by atoms with Gasteiger partial charge in [-0.1, -0.05) is 12.1 Å². The number of rotatable bonds is 5. The maximum atomic E-state index is 12.2. The van der Waals surface area contributed by atoms with Gasteiger partial charge in [-0.05, 0) is 23.6 Å². The normalized spacial score (nSPS) is 11.3. The van der Waals surface area contributed by atoms with Gasteiger partial charge in [-0.3, -0.25) is 0 Å². The summed E-state index contributed by atoms with van der Waals surface area (Å²) in [5.41, 5.74) is 6.92. The second-order valence-electron chi connectivity index (χ2n) is 4.05. The number of nitrogen functional groups attached to an aromatic ring is 1. The first-order chi connectivity index (χ1) is 9.46. The first kappa shape index (κ1) is 14.5. The molecular weight excluding hydrogens is 289 g/mol. The predicted molar refractivity (Wildman–Crippen MR) is 74.1 cm³/mol. The van der Waals surface area contributed by atoms with Crippen molar-refractivity contribution >= 4 is 22.7 Å². The molecule has 0 unspecified atom stereocenters. The van der Waals surface area contributed by atoms with E-state index in [0.717, 1.165) is 4.88 Å². The highest BCUT2D eigenvalue weighted by atomic mass is 32.1. The van der Waals surface area contributed by atoms with Crippen LogP contribution in [0.4, 0.5) is 24.5 Å². The van der Waals surface area contributed by atoms with E-state index in [1.165, 1.54) is 17.4 Å². The lowest BCUT2D eigenvalue weighted by Gasteiger charge is -2.14. The summed E-state index contributed by atoms with van der Waals surface area (Å²) >= 11 is 1.48. The molecule has 0 atom stereocenters. The van der Waals surface area contributed by atoms with Crippen LogP contribution in [0.3, 0.4) is 0 Å². The minimum Gasteiger partial charge on any atom is -0.482 e. The quantitative estimate of drug-likeness (QED) is 0.881. The average molecular weight is 302 g/mol. The van der Waals surface area contributed by atoms with Crippen molar-refractivity contribution in [2.75, 3.05) is 17.7 Å². The number of nitrogens with one attached hydrogen (secondary N) is 1. The van der Waals surface area contributed by atoms with E-state index in [1.807, 2.05) is 5.38 Å². The van der Waals surface area contributed by atoms with E-state index in [1.54, 1.807) is 24.3 Å². The number of halogens is 3. The van der Waals surface area contributed by atoms with Gasteiger partial charge in [-0.15, -0.1) is 11.3 Å². The molecule has 3 nitrogen and oxygen atoms in total. The number of ether oxygens (including phenoxy) is 1. The third kappa shape index (κ3) is 4.06. The number of para-hydroxylation sites is 2. The maximum Gasteiger partial charge on any atom is 0.422 e.